The van der Waals surface area contributed by atoms with Gasteiger partial charge in [0.15, 0.2) is 0 Å². The lowest BCUT2D eigenvalue weighted by Crippen LogP contribution is -1.87. The number of hydrogen-bond acceptors (Lipinski definition) is 0. The zero-order valence-corrected chi connectivity index (χ0v) is 10.7. The van der Waals surface area contributed by atoms with Gasteiger partial charge in [-0.25, -0.2) is 0 Å². The third-order valence-corrected chi connectivity index (χ3v) is 3.13. The van der Waals surface area contributed by atoms with Crippen molar-refractivity contribution < 1.29 is 0 Å². The van der Waals surface area contributed by atoms with Gasteiger partial charge in [-0.2, -0.15) is 0 Å². The van der Waals surface area contributed by atoms with E-state index in [1.807, 2.05) is 0 Å². The molecule has 0 saturated carbocycles. The molecule has 0 atom stereocenters. The number of benzene rings is 1. The predicted molar refractivity (Wildman–Crippen MR) is 72.6 cm³/mol. The van der Waals surface area contributed by atoms with Gasteiger partial charge in [-0.1, -0.05) is 63.3 Å². The van der Waals surface area contributed by atoms with Crippen LogP contribution in [0.1, 0.15) is 56.6 Å². The molecule has 0 aromatic heterocycles. The molecule has 89 valence electrons. The molecule has 0 aliphatic rings. The maximum absolute atomic E-state index is 3.89. The van der Waals surface area contributed by atoms with Crippen molar-refractivity contribution in [3.63, 3.8) is 0 Å². The fourth-order valence-corrected chi connectivity index (χ4v) is 1.98. The highest BCUT2D eigenvalue weighted by atomic mass is 14.0. The van der Waals surface area contributed by atoms with Crippen molar-refractivity contribution in [2.24, 2.45) is 0 Å². The zero-order chi connectivity index (χ0) is 11.6. The maximum atomic E-state index is 3.89. The van der Waals surface area contributed by atoms with Crippen molar-refractivity contribution in [2.45, 2.75) is 58.3 Å². The van der Waals surface area contributed by atoms with Gasteiger partial charge in [0.05, 0.1) is 0 Å². The number of hydrogen-bond donors (Lipinski definition) is 0. The minimum Gasteiger partial charge on any atom is -0.0654 e. The van der Waals surface area contributed by atoms with Crippen LogP contribution in [0.3, 0.4) is 0 Å². The highest BCUT2D eigenvalue weighted by Gasteiger charge is 1.94. The van der Waals surface area contributed by atoms with E-state index in [2.05, 4.69) is 38.1 Å². The Bertz CT molecular complexity index is 258. The van der Waals surface area contributed by atoms with Crippen molar-refractivity contribution in [2.75, 3.05) is 0 Å². The Labute approximate surface area is 101 Å². The van der Waals surface area contributed by atoms with E-state index >= 15 is 0 Å². The van der Waals surface area contributed by atoms with E-state index < -0.39 is 0 Å². The molecule has 1 aromatic carbocycles. The van der Waals surface area contributed by atoms with Gasteiger partial charge in [0, 0.05) is 0 Å². The molecule has 0 N–H and O–H groups in total. The third kappa shape index (κ3) is 5.34. The van der Waals surface area contributed by atoms with Gasteiger partial charge in [0.25, 0.3) is 0 Å². The van der Waals surface area contributed by atoms with E-state index in [1.54, 1.807) is 0 Å². The van der Waals surface area contributed by atoms with E-state index in [9.17, 15) is 0 Å². The summed E-state index contributed by atoms with van der Waals surface area (Å²) in [7, 11) is 0. The average molecular weight is 217 g/mol. The molecule has 0 spiro atoms. The highest BCUT2D eigenvalue weighted by Crippen LogP contribution is 2.11. The molecule has 1 rings (SSSR count). The van der Waals surface area contributed by atoms with Crippen LogP contribution in [0.25, 0.3) is 0 Å². The van der Waals surface area contributed by atoms with E-state index in [-0.39, 0.29) is 0 Å². The van der Waals surface area contributed by atoms with Crippen LogP contribution in [0.15, 0.2) is 24.3 Å². The standard InChI is InChI=1S/C16H25/c1-3-5-6-7-8-9-10-16-13-11-15(4-2)12-14-16/h11-14H,2-10H2,1H3. The van der Waals surface area contributed by atoms with Crippen LogP contribution in [-0.4, -0.2) is 0 Å². The lowest BCUT2D eigenvalue weighted by Gasteiger charge is -2.03. The Morgan fingerprint density at radius 3 is 2.00 bits per heavy atom. The molecule has 0 fully saturated rings. The highest BCUT2D eigenvalue weighted by molar-refractivity contribution is 5.22. The molecule has 0 amide bonds. The van der Waals surface area contributed by atoms with Gasteiger partial charge in [-0.05, 0) is 37.3 Å². The largest absolute Gasteiger partial charge is 0.0654 e. The minimum absolute atomic E-state index is 0.900. The third-order valence-electron chi connectivity index (χ3n) is 3.13. The fourth-order valence-electron chi connectivity index (χ4n) is 1.98. The molecule has 0 nitrogen and oxygen atoms in total. The Hall–Kier alpha value is -0.780. The summed E-state index contributed by atoms with van der Waals surface area (Å²) >= 11 is 0. The summed E-state index contributed by atoms with van der Waals surface area (Å²) in [6.07, 6.45) is 10.4. The van der Waals surface area contributed by atoms with Crippen molar-refractivity contribution in [3.05, 3.63) is 42.3 Å². The lowest BCUT2D eigenvalue weighted by molar-refractivity contribution is 0.607. The van der Waals surface area contributed by atoms with Crippen LogP contribution < -0.4 is 0 Å². The fraction of sp³-hybridized carbons (Fsp3) is 0.562. The topological polar surface area (TPSA) is 0 Å². The molecule has 1 aromatic rings. The summed E-state index contributed by atoms with van der Waals surface area (Å²) in [5.41, 5.74) is 2.82. The maximum Gasteiger partial charge on any atom is -0.0279 e. The number of unbranched alkanes of at least 4 members (excludes halogenated alkanes) is 5. The molecule has 0 heterocycles. The summed E-state index contributed by atoms with van der Waals surface area (Å²) in [6, 6.07) is 8.93. The molecule has 0 aliphatic carbocycles. The molecule has 0 unspecified atom stereocenters. The molecule has 16 heavy (non-hydrogen) atoms. The van der Waals surface area contributed by atoms with Gasteiger partial charge in [0.2, 0.25) is 0 Å². The average Bonchev–Trinajstić information content (AvgIpc) is 2.34. The SMILES string of the molecule is [CH2]Cc1ccc(CCCCCCCC)cc1. The molecule has 0 bridgehead atoms. The van der Waals surface area contributed by atoms with Crippen molar-refractivity contribution in [1.82, 2.24) is 0 Å². The zero-order valence-electron chi connectivity index (χ0n) is 10.7. The smallest absolute Gasteiger partial charge is 0.0279 e. The summed E-state index contributed by atoms with van der Waals surface area (Å²) < 4.78 is 0. The second-order valence-electron chi connectivity index (χ2n) is 4.58. The van der Waals surface area contributed by atoms with E-state index in [1.165, 1.54) is 56.1 Å². The van der Waals surface area contributed by atoms with Crippen LogP contribution in [0, 0.1) is 6.92 Å². The monoisotopic (exact) mass is 217 g/mol. The molecule has 1 radical (unpaired) electrons. The predicted octanol–water partition coefficient (Wildman–Crippen LogP) is 4.97. The Kier molecular flexibility index (Phi) is 6.96. The van der Waals surface area contributed by atoms with Crippen molar-refractivity contribution >= 4 is 0 Å². The second-order valence-corrected chi connectivity index (χ2v) is 4.58. The summed E-state index contributed by atoms with van der Waals surface area (Å²) in [6.45, 7) is 6.16. The Morgan fingerprint density at radius 2 is 1.38 bits per heavy atom. The number of aryl methyl sites for hydroxylation is 1. The van der Waals surface area contributed by atoms with E-state index in [4.69, 9.17) is 0 Å². The van der Waals surface area contributed by atoms with Gasteiger partial charge < -0.3 is 0 Å². The van der Waals surface area contributed by atoms with Crippen LogP contribution >= 0.6 is 0 Å². The Balaban J connectivity index is 2.12. The first kappa shape index (κ1) is 13.3. The lowest BCUT2D eigenvalue weighted by atomic mass is 10.0. The molecular formula is C16H25. The van der Waals surface area contributed by atoms with Crippen LogP contribution in [0.2, 0.25) is 0 Å². The molecule has 0 aliphatic heterocycles. The minimum atomic E-state index is 0.900. The van der Waals surface area contributed by atoms with Gasteiger partial charge in [0.1, 0.15) is 0 Å². The van der Waals surface area contributed by atoms with Crippen molar-refractivity contribution in [1.29, 1.82) is 0 Å². The van der Waals surface area contributed by atoms with Crippen LogP contribution in [0.4, 0.5) is 0 Å². The quantitative estimate of drug-likeness (QED) is 0.539. The number of rotatable bonds is 8. The first-order valence-electron chi connectivity index (χ1n) is 6.74. The van der Waals surface area contributed by atoms with Crippen LogP contribution in [-0.2, 0) is 12.8 Å². The first-order valence-corrected chi connectivity index (χ1v) is 6.74. The molecule has 0 saturated heterocycles. The summed E-state index contributed by atoms with van der Waals surface area (Å²) in [5, 5.41) is 0. The van der Waals surface area contributed by atoms with Gasteiger partial charge in [-0.15, -0.1) is 0 Å². The van der Waals surface area contributed by atoms with E-state index in [0.29, 0.717) is 0 Å². The second kappa shape index (κ2) is 8.38. The van der Waals surface area contributed by atoms with Gasteiger partial charge >= 0.3 is 0 Å². The molecular weight excluding hydrogens is 192 g/mol. The summed E-state index contributed by atoms with van der Waals surface area (Å²) in [5.74, 6) is 0. The summed E-state index contributed by atoms with van der Waals surface area (Å²) in [4.78, 5) is 0. The molecule has 0 heteroatoms. The first-order chi connectivity index (χ1) is 7.86. The van der Waals surface area contributed by atoms with Crippen molar-refractivity contribution in [3.8, 4) is 0 Å². The Morgan fingerprint density at radius 1 is 0.812 bits per heavy atom. The normalized spacial score (nSPS) is 10.6. The van der Waals surface area contributed by atoms with Gasteiger partial charge in [-0.3, -0.25) is 0 Å². The van der Waals surface area contributed by atoms with Crippen LogP contribution in [0.5, 0.6) is 0 Å². The van der Waals surface area contributed by atoms with E-state index in [0.717, 1.165) is 6.42 Å².